The lowest BCUT2D eigenvalue weighted by Gasteiger charge is -2.04. The number of thioether (sulfide) groups is 1. The second-order valence-electron chi connectivity index (χ2n) is 4.12. The van der Waals surface area contributed by atoms with Crippen LogP contribution in [0.15, 0.2) is 41.7 Å². The molecule has 0 unspecified atom stereocenters. The van der Waals surface area contributed by atoms with Gasteiger partial charge in [0.25, 0.3) is 0 Å². The minimum atomic E-state index is 0.480. The van der Waals surface area contributed by atoms with Gasteiger partial charge in [-0.1, -0.05) is 42.1 Å². The van der Waals surface area contributed by atoms with Crippen LogP contribution >= 0.6 is 11.8 Å². The number of anilines is 1. The summed E-state index contributed by atoms with van der Waals surface area (Å²) in [6.45, 7) is 0.675. The molecule has 0 saturated carbocycles. The molecule has 3 rings (SSSR count). The standard InChI is InChI=1S/C13H13N5S/c1-19-13-16-11(14)10-7-15-18(12(10)17-13)8-9-5-3-2-4-6-9/h2-7H,8H2,1H3,(H2,14,16,17). The summed E-state index contributed by atoms with van der Waals surface area (Å²) >= 11 is 1.47. The van der Waals surface area contributed by atoms with E-state index in [1.165, 1.54) is 17.3 Å². The molecule has 3 aromatic rings. The Hall–Kier alpha value is -2.08. The van der Waals surface area contributed by atoms with E-state index >= 15 is 0 Å². The van der Waals surface area contributed by atoms with E-state index in [9.17, 15) is 0 Å². The van der Waals surface area contributed by atoms with Gasteiger partial charge in [0.2, 0.25) is 0 Å². The Kier molecular flexibility index (Phi) is 3.08. The fourth-order valence-electron chi connectivity index (χ4n) is 1.92. The van der Waals surface area contributed by atoms with Crippen LogP contribution in [-0.4, -0.2) is 26.0 Å². The zero-order chi connectivity index (χ0) is 13.2. The van der Waals surface area contributed by atoms with E-state index in [4.69, 9.17) is 5.73 Å². The van der Waals surface area contributed by atoms with E-state index in [0.29, 0.717) is 17.5 Å². The Morgan fingerprint density at radius 1 is 1.21 bits per heavy atom. The van der Waals surface area contributed by atoms with Crippen LogP contribution in [0.2, 0.25) is 0 Å². The maximum Gasteiger partial charge on any atom is 0.191 e. The number of hydrogen-bond acceptors (Lipinski definition) is 5. The summed E-state index contributed by atoms with van der Waals surface area (Å²) in [5, 5.41) is 5.82. The molecule has 0 aliphatic rings. The number of nitrogen functional groups attached to an aromatic ring is 1. The average Bonchev–Trinajstić information content (AvgIpc) is 2.83. The molecule has 2 aromatic heterocycles. The number of fused-ring (bicyclic) bond motifs is 1. The molecule has 1 aromatic carbocycles. The zero-order valence-electron chi connectivity index (χ0n) is 10.4. The van der Waals surface area contributed by atoms with Crippen molar-refractivity contribution in [3.8, 4) is 0 Å². The highest BCUT2D eigenvalue weighted by Crippen LogP contribution is 2.21. The smallest absolute Gasteiger partial charge is 0.191 e. The summed E-state index contributed by atoms with van der Waals surface area (Å²) in [5.74, 6) is 0.480. The maximum atomic E-state index is 5.92. The van der Waals surface area contributed by atoms with E-state index in [2.05, 4.69) is 27.2 Å². The fraction of sp³-hybridized carbons (Fsp3) is 0.154. The van der Waals surface area contributed by atoms with Crippen molar-refractivity contribution in [3.63, 3.8) is 0 Å². The minimum Gasteiger partial charge on any atom is -0.383 e. The Morgan fingerprint density at radius 3 is 2.74 bits per heavy atom. The second kappa shape index (κ2) is 4.89. The third kappa shape index (κ3) is 2.26. The Morgan fingerprint density at radius 2 is 2.00 bits per heavy atom. The molecule has 0 bridgehead atoms. The summed E-state index contributed by atoms with van der Waals surface area (Å²) in [5.41, 5.74) is 7.88. The fourth-order valence-corrected chi connectivity index (χ4v) is 2.29. The van der Waals surface area contributed by atoms with Crippen LogP contribution in [0.25, 0.3) is 11.0 Å². The van der Waals surface area contributed by atoms with Gasteiger partial charge in [-0.15, -0.1) is 0 Å². The van der Waals surface area contributed by atoms with Gasteiger partial charge < -0.3 is 5.73 Å². The molecule has 2 heterocycles. The molecule has 0 aliphatic carbocycles. The van der Waals surface area contributed by atoms with Gasteiger partial charge in [-0.05, 0) is 11.8 Å². The number of rotatable bonds is 3. The SMILES string of the molecule is CSc1nc(N)c2cnn(Cc3ccccc3)c2n1. The topological polar surface area (TPSA) is 69.6 Å². The molecular weight excluding hydrogens is 258 g/mol. The van der Waals surface area contributed by atoms with Crippen molar-refractivity contribution < 1.29 is 0 Å². The Labute approximate surface area is 114 Å². The van der Waals surface area contributed by atoms with Crippen LogP contribution in [0.4, 0.5) is 5.82 Å². The van der Waals surface area contributed by atoms with E-state index in [1.807, 2.05) is 29.1 Å². The molecule has 6 heteroatoms. The van der Waals surface area contributed by atoms with Crippen LogP contribution in [0, 0.1) is 0 Å². The molecule has 0 fully saturated rings. The molecule has 96 valence electrons. The van der Waals surface area contributed by atoms with Crippen LogP contribution in [0.1, 0.15) is 5.56 Å². The molecule has 0 atom stereocenters. The van der Waals surface area contributed by atoms with E-state index in [1.54, 1.807) is 6.20 Å². The lowest BCUT2D eigenvalue weighted by Crippen LogP contribution is -2.04. The van der Waals surface area contributed by atoms with Gasteiger partial charge in [0, 0.05) is 0 Å². The van der Waals surface area contributed by atoms with Crippen molar-refractivity contribution in [2.24, 2.45) is 0 Å². The highest BCUT2D eigenvalue weighted by atomic mass is 32.2. The average molecular weight is 271 g/mol. The number of nitrogens with two attached hydrogens (primary N) is 1. The maximum absolute atomic E-state index is 5.92. The van der Waals surface area contributed by atoms with Crippen molar-refractivity contribution in [2.45, 2.75) is 11.7 Å². The second-order valence-corrected chi connectivity index (χ2v) is 4.89. The van der Waals surface area contributed by atoms with Crippen molar-refractivity contribution >= 4 is 28.6 Å². The van der Waals surface area contributed by atoms with Crippen molar-refractivity contribution in [3.05, 3.63) is 42.1 Å². The zero-order valence-corrected chi connectivity index (χ0v) is 11.3. The summed E-state index contributed by atoms with van der Waals surface area (Å²) in [6.07, 6.45) is 3.65. The molecule has 0 radical (unpaired) electrons. The Balaban J connectivity index is 2.07. The monoisotopic (exact) mass is 271 g/mol. The summed E-state index contributed by atoms with van der Waals surface area (Å²) in [6, 6.07) is 10.1. The molecular formula is C13H13N5S. The lowest BCUT2D eigenvalue weighted by molar-refractivity contribution is 0.699. The van der Waals surface area contributed by atoms with Gasteiger partial charge in [-0.3, -0.25) is 0 Å². The molecule has 0 aliphatic heterocycles. The first-order valence-corrected chi connectivity index (χ1v) is 7.07. The largest absolute Gasteiger partial charge is 0.383 e. The van der Waals surface area contributed by atoms with Crippen LogP contribution in [0.3, 0.4) is 0 Å². The Bertz CT molecular complexity index is 708. The van der Waals surface area contributed by atoms with E-state index < -0.39 is 0 Å². The van der Waals surface area contributed by atoms with Crippen LogP contribution in [0.5, 0.6) is 0 Å². The lowest BCUT2D eigenvalue weighted by atomic mass is 10.2. The summed E-state index contributed by atoms with van der Waals surface area (Å²) in [7, 11) is 0. The quantitative estimate of drug-likeness (QED) is 0.584. The molecule has 2 N–H and O–H groups in total. The molecule has 0 amide bonds. The number of hydrogen-bond donors (Lipinski definition) is 1. The molecule has 0 spiro atoms. The predicted molar refractivity (Wildman–Crippen MR) is 77.1 cm³/mol. The first-order valence-electron chi connectivity index (χ1n) is 5.85. The van der Waals surface area contributed by atoms with Gasteiger partial charge in [0.05, 0.1) is 18.1 Å². The van der Waals surface area contributed by atoms with Crippen molar-refractivity contribution in [2.75, 3.05) is 12.0 Å². The van der Waals surface area contributed by atoms with Gasteiger partial charge in [0.1, 0.15) is 5.82 Å². The predicted octanol–water partition coefficient (Wildman–Crippen LogP) is 2.18. The summed E-state index contributed by atoms with van der Waals surface area (Å²) < 4.78 is 1.85. The first-order chi connectivity index (χ1) is 9.28. The van der Waals surface area contributed by atoms with Gasteiger partial charge >= 0.3 is 0 Å². The van der Waals surface area contributed by atoms with Crippen molar-refractivity contribution in [1.82, 2.24) is 19.7 Å². The number of aromatic nitrogens is 4. The highest BCUT2D eigenvalue weighted by Gasteiger charge is 2.10. The van der Waals surface area contributed by atoms with E-state index in [0.717, 1.165) is 11.0 Å². The van der Waals surface area contributed by atoms with Gasteiger partial charge in [0.15, 0.2) is 10.8 Å². The number of nitrogens with zero attached hydrogens (tertiary/aromatic N) is 4. The third-order valence-electron chi connectivity index (χ3n) is 2.86. The van der Waals surface area contributed by atoms with Crippen LogP contribution < -0.4 is 5.73 Å². The van der Waals surface area contributed by atoms with Crippen LogP contribution in [-0.2, 0) is 6.54 Å². The normalized spacial score (nSPS) is 11.0. The van der Waals surface area contributed by atoms with Gasteiger partial charge in [-0.25, -0.2) is 14.6 Å². The molecule has 5 nitrogen and oxygen atoms in total. The minimum absolute atomic E-state index is 0.480. The number of benzene rings is 1. The first kappa shape index (κ1) is 12.0. The van der Waals surface area contributed by atoms with E-state index in [-0.39, 0.29) is 0 Å². The third-order valence-corrected chi connectivity index (χ3v) is 3.41. The molecule has 19 heavy (non-hydrogen) atoms. The molecule has 0 saturated heterocycles. The van der Waals surface area contributed by atoms with Gasteiger partial charge in [-0.2, -0.15) is 5.10 Å². The van der Waals surface area contributed by atoms with Crippen molar-refractivity contribution in [1.29, 1.82) is 0 Å². The highest BCUT2D eigenvalue weighted by molar-refractivity contribution is 7.98. The summed E-state index contributed by atoms with van der Waals surface area (Å²) in [4.78, 5) is 8.70.